The van der Waals surface area contributed by atoms with Gasteiger partial charge in [0.25, 0.3) is 0 Å². The summed E-state index contributed by atoms with van der Waals surface area (Å²) in [4.78, 5) is 10.3. The van der Waals surface area contributed by atoms with Crippen molar-refractivity contribution in [2.24, 2.45) is 0 Å². The molecule has 0 aromatic rings. The van der Waals surface area contributed by atoms with Crippen molar-refractivity contribution in [2.75, 3.05) is 6.54 Å². The molecule has 2 atom stereocenters. The van der Waals surface area contributed by atoms with Crippen molar-refractivity contribution in [3.8, 4) is 0 Å². The van der Waals surface area contributed by atoms with Crippen LogP contribution in [0.15, 0.2) is 0 Å². The van der Waals surface area contributed by atoms with Gasteiger partial charge in [-0.3, -0.25) is 4.79 Å². The first kappa shape index (κ1) is 3.43. The number of rotatable bonds is 0. The second-order valence-corrected chi connectivity index (χ2v) is 1.48. The van der Waals surface area contributed by atoms with Gasteiger partial charge in [-0.1, -0.05) is 0 Å². The molecule has 0 aromatic heterocycles. The lowest BCUT2D eigenvalue weighted by Crippen LogP contribution is -2.14. The predicted molar refractivity (Wildman–Crippen MR) is 23.6 cm³/mol. The van der Waals surface area contributed by atoms with Gasteiger partial charge in [-0.15, -0.1) is 0 Å². The van der Waals surface area contributed by atoms with Gasteiger partial charge in [0.1, 0.15) is 0 Å². The molecule has 0 spiro atoms. The largest absolute Gasteiger partial charge is 0.391 e. The highest BCUT2D eigenvalue weighted by atomic mass is 16.3. The monoisotopic (exact) mass is 102 g/mol. The van der Waals surface area contributed by atoms with E-state index in [1.165, 1.54) is 0 Å². The van der Waals surface area contributed by atoms with Crippen LogP contribution in [0.25, 0.3) is 0 Å². The van der Waals surface area contributed by atoms with Crippen molar-refractivity contribution in [3.05, 3.63) is 0 Å². The minimum absolute atomic E-state index is 0.229. The van der Waals surface area contributed by atoms with Crippen LogP contribution in [0.2, 0.25) is 0 Å². The highest BCUT2D eigenvalue weighted by Gasteiger charge is 2.17. The van der Waals surface area contributed by atoms with E-state index in [2.05, 4.69) is 5.32 Å². The van der Waals surface area contributed by atoms with E-state index in [-0.39, 0.29) is 12.5 Å². The van der Waals surface area contributed by atoms with Crippen LogP contribution in [0.4, 0.5) is 0 Å². The molecule has 0 unspecified atom stereocenters. The maximum Gasteiger partial charge on any atom is 0.222 e. The standard InChI is InChI=1S/C4H7NO2/c6-3-1-4(7)5-2-3/h3,6H,1-2H2,(H,5,7)/t3-/m1/s1/i1D/t1-,3+/m0. The minimum atomic E-state index is -0.963. The van der Waals surface area contributed by atoms with Crippen LogP contribution >= 0.6 is 0 Å². The zero-order valence-electron chi connectivity index (χ0n) is 4.72. The zero-order valence-corrected chi connectivity index (χ0v) is 3.72. The molecule has 3 heteroatoms. The quantitative estimate of drug-likeness (QED) is 0.406. The van der Waals surface area contributed by atoms with E-state index in [9.17, 15) is 4.79 Å². The predicted octanol–water partition coefficient (Wildman–Crippen LogP) is -1.13. The summed E-state index contributed by atoms with van der Waals surface area (Å²) in [5.41, 5.74) is 0. The van der Waals surface area contributed by atoms with Crippen LogP contribution in [0.3, 0.4) is 0 Å². The van der Waals surface area contributed by atoms with Gasteiger partial charge in [-0.05, 0) is 0 Å². The van der Waals surface area contributed by atoms with E-state index >= 15 is 0 Å². The van der Waals surface area contributed by atoms with Crippen molar-refractivity contribution in [1.82, 2.24) is 5.32 Å². The van der Waals surface area contributed by atoms with Crippen LogP contribution in [0, 0.1) is 0 Å². The first-order valence-corrected chi connectivity index (χ1v) is 2.10. The maximum absolute atomic E-state index is 10.3. The molecule has 1 fully saturated rings. The van der Waals surface area contributed by atoms with E-state index in [1.54, 1.807) is 0 Å². The van der Waals surface area contributed by atoms with E-state index in [4.69, 9.17) is 6.48 Å². The molecule has 2 N–H and O–H groups in total. The third kappa shape index (κ3) is 0.899. The van der Waals surface area contributed by atoms with Gasteiger partial charge in [-0.2, -0.15) is 0 Å². The smallest absolute Gasteiger partial charge is 0.222 e. The normalized spacial score (nSPS) is 43.0. The topological polar surface area (TPSA) is 49.3 Å². The Hall–Kier alpha value is -0.570. The number of hydrogen-bond donors (Lipinski definition) is 2. The van der Waals surface area contributed by atoms with Gasteiger partial charge >= 0.3 is 0 Å². The summed E-state index contributed by atoms with van der Waals surface area (Å²) in [6.45, 7) is 0.229. The third-order valence-corrected chi connectivity index (χ3v) is 0.829. The average molecular weight is 102 g/mol. The first-order valence-electron chi connectivity index (χ1n) is 2.67. The molecule has 3 nitrogen and oxygen atoms in total. The molecule has 1 rings (SSSR count). The summed E-state index contributed by atoms with van der Waals surface area (Å²) >= 11 is 0. The van der Waals surface area contributed by atoms with Crippen molar-refractivity contribution < 1.29 is 11.3 Å². The Morgan fingerprint density at radius 3 is 3.00 bits per heavy atom. The Kier molecular flexibility index (Phi) is 0.736. The van der Waals surface area contributed by atoms with Gasteiger partial charge in [0, 0.05) is 7.92 Å². The van der Waals surface area contributed by atoms with Crippen LogP contribution in [-0.4, -0.2) is 23.7 Å². The lowest BCUT2D eigenvalue weighted by atomic mass is 10.3. The van der Waals surface area contributed by atoms with Crippen LogP contribution in [-0.2, 0) is 4.79 Å². The molecule has 1 saturated heterocycles. The zero-order chi connectivity index (χ0) is 6.15. The number of aliphatic hydroxyl groups excluding tert-OH is 1. The number of nitrogens with one attached hydrogen (secondary N) is 1. The number of aliphatic hydroxyl groups is 1. The van der Waals surface area contributed by atoms with E-state index < -0.39 is 12.5 Å². The van der Waals surface area contributed by atoms with Crippen molar-refractivity contribution >= 4 is 5.91 Å². The molecule has 1 amide bonds. The lowest BCUT2D eigenvalue weighted by Gasteiger charge is -1.89. The number of amides is 1. The Morgan fingerprint density at radius 1 is 2.14 bits per heavy atom. The Morgan fingerprint density at radius 2 is 2.86 bits per heavy atom. The number of carbonyl (C=O) groups excluding carboxylic acids is 1. The van der Waals surface area contributed by atoms with E-state index in [0.29, 0.717) is 0 Å². The van der Waals surface area contributed by atoms with Crippen molar-refractivity contribution in [3.63, 3.8) is 0 Å². The molecular formula is C4H7NO2. The number of carbonyl (C=O) groups is 1. The van der Waals surface area contributed by atoms with Gasteiger partial charge in [0.2, 0.25) is 5.91 Å². The molecule has 0 bridgehead atoms. The Balaban J connectivity index is 2.56. The van der Waals surface area contributed by atoms with Gasteiger partial charge in [0.05, 0.1) is 12.5 Å². The molecule has 0 aromatic carbocycles. The first-order chi connectivity index (χ1) is 3.72. The van der Waals surface area contributed by atoms with Gasteiger partial charge in [-0.25, -0.2) is 0 Å². The lowest BCUT2D eigenvalue weighted by molar-refractivity contribution is -0.119. The second-order valence-electron chi connectivity index (χ2n) is 1.48. The van der Waals surface area contributed by atoms with Gasteiger partial charge < -0.3 is 10.4 Å². The minimum Gasteiger partial charge on any atom is -0.391 e. The molecule has 1 aliphatic rings. The fourth-order valence-electron chi connectivity index (χ4n) is 0.498. The molecule has 7 heavy (non-hydrogen) atoms. The Bertz CT molecular complexity index is 117. The maximum atomic E-state index is 10.3. The number of β-amino-alcohol motifs (C(OH)–C–C–N with tert-alkyl or cyclic N) is 1. The molecule has 40 valence electrons. The summed E-state index contributed by atoms with van der Waals surface area (Å²) in [5, 5.41) is 11.0. The molecule has 1 heterocycles. The highest BCUT2D eigenvalue weighted by Crippen LogP contribution is 1.95. The third-order valence-electron chi connectivity index (χ3n) is 0.829. The summed E-state index contributed by atoms with van der Waals surface area (Å²) in [6, 6.07) is 0. The second kappa shape index (κ2) is 1.50. The Labute approximate surface area is 42.7 Å². The van der Waals surface area contributed by atoms with Gasteiger partial charge in [0.15, 0.2) is 0 Å². The van der Waals surface area contributed by atoms with E-state index in [0.717, 1.165) is 0 Å². The van der Waals surface area contributed by atoms with E-state index in [1.807, 2.05) is 0 Å². The van der Waals surface area contributed by atoms with Crippen molar-refractivity contribution in [2.45, 2.75) is 12.5 Å². The number of hydrogen-bond acceptors (Lipinski definition) is 2. The van der Waals surface area contributed by atoms with Crippen LogP contribution in [0.5, 0.6) is 0 Å². The van der Waals surface area contributed by atoms with Crippen molar-refractivity contribution in [1.29, 1.82) is 0 Å². The molecule has 0 aliphatic carbocycles. The molecule has 1 aliphatic heterocycles. The molecule has 0 radical (unpaired) electrons. The summed E-state index contributed by atoms with van der Waals surface area (Å²) < 4.78 is 6.88. The summed E-state index contributed by atoms with van der Waals surface area (Å²) in [6.07, 6.45) is -1.77. The average Bonchev–Trinajstić information content (AvgIpc) is 1.98. The fraction of sp³-hybridized carbons (Fsp3) is 0.750. The molecular weight excluding hydrogens is 94.0 g/mol. The summed E-state index contributed by atoms with van der Waals surface area (Å²) in [7, 11) is 0. The SMILES string of the molecule is [2H][C@@H]1C(=O)NC[C@@H]1O. The highest BCUT2D eigenvalue weighted by molar-refractivity contribution is 5.78. The van der Waals surface area contributed by atoms with Crippen LogP contribution < -0.4 is 5.32 Å². The fourth-order valence-corrected chi connectivity index (χ4v) is 0.498. The summed E-state index contributed by atoms with van der Waals surface area (Å²) in [5.74, 6) is -0.377. The molecule has 0 saturated carbocycles. The van der Waals surface area contributed by atoms with Crippen LogP contribution in [0.1, 0.15) is 7.77 Å².